The van der Waals surface area contributed by atoms with Crippen LogP contribution < -0.4 is 4.74 Å². The number of benzene rings is 4. The molecule has 5 heteroatoms. The van der Waals surface area contributed by atoms with Gasteiger partial charge in [-0.25, -0.2) is 8.42 Å². The smallest absolute Gasteiger partial charge is 0.206 e. The molecule has 0 aliphatic carbocycles. The van der Waals surface area contributed by atoms with E-state index in [1.807, 2.05) is 42.5 Å². The van der Waals surface area contributed by atoms with Crippen LogP contribution in [0, 0.1) is 0 Å². The Hall–Kier alpha value is -3.08. The molecule has 0 unspecified atom stereocenters. The summed E-state index contributed by atoms with van der Waals surface area (Å²) in [5, 5.41) is 0.582. The molecule has 0 amide bonds. The quantitative estimate of drug-likeness (QED) is 0.351. The largest absolute Gasteiger partial charge is 0.488 e. The monoisotopic (exact) mass is 434 g/mol. The molecule has 0 saturated carbocycles. The van der Waals surface area contributed by atoms with E-state index in [2.05, 4.69) is 0 Å². The molecule has 4 rings (SSSR count). The topological polar surface area (TPSA) is 43.4 Å². The third-order valence-corrected chi connectivity index (χ3v) is 6.73. The maximum atomic E-state index is 12.8. The molecule has 0 N–H and O–H groups in total. The third kappa shape index (κ3) is 4.40. The van der Waals surface area contributed by atoms with Gasteiger partial charge in [-0.1, -0.05) is 72.3 Å². The van der Waals surface area contributed by atoms with Gasteiger partial charge < -0.3 is 4.74 Å². The summed E-state index contributed by atoms with van der Waals surface area (Å²) < 4.78 is 31.7. The van der Waals surface area contributed by atoms with Crippen molar-refractivity contribution in [2.45, 2.75) is 16.4 Å². The number of hydrogen-bond donors (Lipinski definition) is 0. The molecule has 0 atom stereocenters. The molecular formula is C25H19ClO3S. The van der Waals surface area contributed by atoms with Gasteiger partial charge >= 0.3 is 0 Å². The molecule has 0 aromatic heterocycles. The van der Waals surface area contributed by atoms with E-state index in [4.69, 9.17) is 16.3 Å². The summed E-state index contributed by atoms with van der Waals surface area (Å²) in [6, 6.07) is 30.5. The fourth-order valence-corrected chi connectivity index (χ4v) is 4.59. The second kappa shape index (κ2) is 8.74. The van der Waals surface area contributed by atoms with E-state index in [9.17, 15) is 8.42 Å². The van der Waals surface area contributed by atoms with Crippen LogP contribution in [-0.4, -0.2) is 8.42 Å². The average molecular weight is 435 g/mol. The van der Waals surface area contributed by atoms with Gasteiger partial charge in [-0.3, -0.25) is 0 Å². The minimum Gasteiger partial charge on any atom is -0.488 e. The minimum atomic E-state index is -3.56. The van der Waals surface area contributed by atoms with E-state index >= 15 is 0 Å². The van der Waals surface area contributed by atoms with Crippen molar-refractivity contribution in [3.63, 3.8) is 0 Å². The normalized spacial score (nSPS) is 11.2. The fraction of sp³-hybridized carbons (Fsp3) is 0.0400. The van der Waals surface area contributed by atoms with E-state index in [1.165, 1.54) is 0 Å². The Labute approximate surface area is 181 Å². The first-order chi connectivity index (χ1) is 14.5. The van der Waals surface area contributed by atoms with Gasteiger partial charge in [0.25, 0.3) is 0 Å². The Kier molecular flexibility index (Phi) is 5.88. The first kappa shape index (κ1) is 20.2. The Bertz CT molecular complexity index is 1240. The number of hydrogen-bond acceptors (Lipinski definition) is 3. The van der Waals surface area contributed by atoms with Crippen LogP contribution in [0.25, 0.3) is 11.1 Å². The van der Waals surface area contributed by atoms with Gasteiger partial charge in [0.1, 0.15) is 12.4 Å². The molecule has 4 aromatic carbocycles. The number of rotatable bonds is 6. The Balaban J connectivity index is 1.63. The Morgan fingerprint density at radius 3 is 1.97 bits per heavy atom. The lowest BCUT2D eigenvalue weighted by Gasteiger charge is -2.13. The van der Waals surface area contributed by atoms with Crippen molar-refractivity contribution in [3.05, 3.63) is 114 Å². The van der Waals surface area contributed by atoms with Crippen LogP contribution in [0.5, 0.6) is 5.75 Å². The van der Waals surface area contributed by atoms with E-state index in [0.29, 0.717) is 17.4 Å². The maximum Gasteiger partial charge on any atom is 0.206 e. The van der Waals surface area contributed by atoms with Crippen LogP contribution in [-0.2, 0) is 16.4 Å². The molecule has 150 valence electrons. The molecule has 0 radical (unpaired) electrons. The SMILES string of the molecule is O=S(=O)(c1ccccc1)c1ccc(-c2cc(Cl)ccc2OCc2ccccc2)cc1. The molecule has 0 bridgehead atoms. The molecular weight excluding hydrogens is 416 g/mol. The average Bonchev–Trinajstić information content (AvgIpc) is 2.79. The first-order valence-corrected chi connectivity index (χ1v) is 11.3. The van der Waals surface area contributed by atoms with Crippen molar-refractivity contribution in [2.75, 3.05) is 0 Å². The van der Waals surface area contributed by atoms with Crippen molar-refractivity contribution in [2.24, 2.45) is 0 Å². The maximum absolute atomic E-state index is 12.8. The first-order valence-electron chi connectivity index (χ1n) is 9.41. The highest BCUT2D eigenvalue weighted by Crippen LogP contribution is 2.34. The summed E-state index contributed by atoms with van der Waals surface area (Å²) >= 11 is 6.22. The van der Waals surface area contributed by atoms with Crippen LogP contribution in [0.2, 0.25) is 5.02 Å². The molecule has 30 heavy (non-hydrogen) atoms. The van der Waals surface area contributed by atoms with Crippen LogP contribution in [0.4, 0.5) is 0 Å². The number of sulfone groups is 1. The standard InChI is InChI=1S/C25H19ClO3S/c26-21-13-16-25(29-18-19-7-3-1-4-8-19)24(17-21)20-11-14-23(15-12-20)30(27,28)22-9-5-2-6-10-22/h1-17H,18H2. The van der Waals surface area contributed by atoms with E-state index < -0.39 is 9.84 Å². The van der Waals surface area contributed by atoms with Crippen LogP contribution in [0.1, 0.15) is 5.56 Å². The summed E-state index contributed by atoms with van der Waals surface area (Å²) in [7, 11) is -3.56. The zero-order valence-corrected chi connectivity index (χ0v) is 17.6. The predicted molar refractivity (Wildman–Crippen MR) is 120 cm³/mol. The highest BCUT2D eigenvalue weighted by atomic mass is 35.5. The van der Waals surface area contributed by atoms with Crippen molar-refractivity contribution in [3.8, 4) is 16.9 Å². The van der Waals surface area contributed by atoms with E-state index in [-0.39, 0.29) is 9.79 Å². The Morgan fingerprint density at radius 1 is 0.700 bits per heavy atom. The Morgan fingerprint density at radius 2 is 1.30 bits per heavy atom. The second-order valence-corrected chi connectivity index (χ2v) is 9.14. The lowest BCUT2D eigenvalue weighted by Crippen LogP contribution is -2.01. The van der Waals surface area contributed by atoms with Gasteiger partial charge in [0, 0.05) is 10.6 Å². The van der Waals surface area contributed by atoms with Crippen LogP contribution >= 0.6 is 11.6 Å². The third-order valence-electron chi connectivity index (χ3n) is 4.71. The second-order valence-electron chi connectivity index (χ2n) is 6.76. The van der Waals surface area contributed by atoms with Gasteiger partial charge in [0.05, 0.1) is 9.79 Å². The van der Waals surface area contributed by atoms with Crippen molar-refractivity contribution >= 4 is 21.4 Å². The van der Waals surface area contributed by atoms with Crippen molar-refractivity contribution in [1.82, 2.24) is 0 Å². The molecule has 3 nitrogen and oxygen atoms in total. The lowest BCUT2D eigenvalue weighted by molar-refractivity contribution is 0.307. The fourth-order valence-electron chi connectivity index (χ4n) is 3.14. The zero-order valence-electron chi connectivity index (χ0n) is 16.0. The van der Waals surface area contributed by atoms with E-state index in [1.54, 1.807) is 60.7 Å². The molecule has 0 fully saturated rings. The highest BCUT2D eigenvalue weighted by molar-refractivity contribution is 7.91. The molecule has 0 saturated heterocycles. The molecule has 0 aliphatic heterocycles. The molecule has 0 spiro atoms. The zero-order chi connectivity index (χ0) is 21.0. The minimum absolute atomic E-state index is 0.242. The summed E-state index contributed by atoms with van der Waals surface area (Å²) in [6.45, 7) is 0.427. The lowest BCUT2D eigenvalue weighted by atomic mass is 10.0. The summed E-state index contributed by atoms with van der Waals surface area (Å²) in [4.78, 5) is 0.513. The summed E-state index contributed by atoms with van der Waals surface area (Å²) in [6.07, 6.45) is 0. The number of ether oxygens (including phenoxy) is 1. The highest BCUT2D eigenvalue weighted by Gasteiger charge is 2.17. The van der Waals surface area contributed by atoms with Gasteiger partial charge in [0.2, 0.25) is 9.84 Å². The van der Waals surface area contributed by atoms with Gasteiger partial charge in [-0.05, 0) is 53.6 Å². The van der Waals surface area contributed by atoms with E-state index in [0.717, 1.165) is 16.7 Å². The summed E-state index contributed by atoms with van der Waals surface area (Å²) in [5.74, 6) is 0.682. The predicted octanol–water partition coefficient (Wildman–Crippen LogP) is 6.42. The molecule has 0 aliphatic rings. The molecule has 4 aromatic rings. The summed E-state index contributed by atoms with van der Waals surface area (Å²) in [5.41, 5.74) is 2.69. The van der Waals surface area contributed by atoms with Crippen molar-refractivity contribution in [1.29, 1.82) is 0 Å². The number of halogens is 1. The van der Waals surface area contributed by atoms with Gasteiger partial charge in [-0.15, -0.1) is 0 Å². The van der Waals surface area contributed by atoms with Crippen molar-refractivity contribution < 1.29 is 13.2 Å². The van der Waals surface area contributed by atoms with Crippen LogP contribution in [0.15, 0.2) is 113 Å². The van der Waals surface area contributed by atoms with Gasteiger partial charge in [0.15, 0.2) is 0 Å². The van der Waals surface area contributed by atoms with Crippen LogP contribution in [0.3, 0.4) is 0 Å². The van der Waals surface area contributed by atoms with Gasteiger partial charge in [-0.2, -0.15) is 0 Å². The molecule has 0 heterocycles.